The average Bonchev–Trinajstić information content (AvgIpc) is 1.86. The van der Waals surface area contributed by atoms with Crippen LogP contribution in [0.3, 0.4) is 0 Å². The fourth-order valence-electron chi connectivity index (χ4n) is 0.732. The Morgan fingerprint density at radius 2 is 2.09 bits per heavy atom. The third kappa shape index (κ3) is 3.18. The standard InChI is InChI=1S/C6H12BFO3/c1-6(11,2-3-9)4(8)5(7)10/h4-5,9-11H,2-3H2,1H3. The molecule has 5 heteroatoms. The number of hydrogen-bond donors (Lipinski definition) is 3. The van der Waals surface area contributed by atoms with E-state index in [2.05, 4.69) is 0 Å². The summed E-state index contributed by atoms with van der Waals surface area (Å²) in [5.74, 6) is 0. The molecular formula is C6H12BFO3. The molecule has 0 aromatic rings. The summed E-state index contributed by atoms with van der Waals surface area (Å²) in [6, 6.07) is -1.71. The van der Waals surface area contributed by atoms with Crippen LogP contribution >= 0.6 is 0 Å². The van der Waals surface area contributed by atoms with Crippen LogP contribution < -0.4 is 0 Å². The lowest BCUT2D eigenvalue weighted by Gasteiger charge is -2.28. The van der Waals surface area contributed by atoms with Gasteiger partial charge in [-0.15, -0.1) is 0 Å². The van der Waals surface area contributed by atoms with E-state index in [0.29, 0.717) is 0 Å². The molecule has 11 heavy (non-hydrogen) atoms. The molecular weight excluding hydrogens is 150 g/mol. The van der Waals surface area contributed by atoms with Gasteiger partial charge in [-0.05, 0) is 6.92 Å². The van der Waals surface area contributed by atoms with E-state index < -0.39 is 17.8 Å². The van der Waals surface area contributed by atoms with E-state index in [1.807, 2.05) is 0 Å². The van der Waals surface area contributed by atoms with Crippen LogP contribution in [0.5, 0.6) is 0 Å². The molecule has 0 aromatic heterocycles. The molecule has 3 nitrogen and oxygen atoms in total. The van der Waals surface area contributed by atoms with Gasteiger partial charge in [0, 0.05) is 19.0 Å². The summed E-state index contributed by atoms with van der Waals surface area (Å²) < 4.78 is 12.8. The highest BCUT2D eigenvalue weighted by Crippen LogP contribution is 2.19. The van der Waals surface area contributed by atoms with Crippen molar-refractivity contribution in [3.8, 4) is 0 Å². The second kappa shape index (κ2) is 4.04. The molecule has 0 fully saturated rings. The van der Waals surface area contributed by atoms with Crippen LogP contribution in [0.15, 0.2) is 0 Å². The van der Waals surface area contributed by atoms with Gasteiger partial charge in [-0.25, -0.2) is 4.39 Å². The molecule has 0 rings (SSSR count). The summed E-state index contributed by atoms with van der Waals surface area (Å²) in [5, 5.41) is 26.1. The summed E-state index contributed by atoms with van der Waals surface area (Å²) in [7, 11) is 4.79. The molecule has 64 valence electrons. The van der Waals surface area contributed by atoms with Crippen LogP contribution in [0.2, 0.25) is 0 Å². The molecule has 0 spiro atoms. The zero-order chi connectivity index (χ0) is 9.07. The Hall–Kier alpha value is -0.125. The predicted molar refractivity (Wildman–Crippen MR) is 39.0 cm³/mol. The molecule has 0 amide bonds. The third-order valence-electron chi connectivity index (χ3n) is 1.51. The van der Waals surface area contributed by atoms with Crippen molar-refractivity contribution in [3.63, 3.8) is 0 Å². The number of aliphatic hydroxyl groups excluding tert-OH is 2. The van der Waals surface area contributed by atoms with Gasteiger partial charge in [-0.3, -0.25) is 0 Å². The zero-order valence-corrected chi connectivity index (χ0v) is 6.37. The summed E-state index contributed by atoms with van der Waals surface area (Å²) in [6.45, 7) is 0.824. The summed E-state index contributed by atoms with van der Waals surface area (Å²) in [4.78, 5) is 0. The van der Waals surface area contributed by atoms with E-state index in [1.165, 1.54) is 6.92 Å². The molecule has 0 heterocycles. The fraction of sp³-hybridized carbons (Fsp3) is 1.00. The number of rotatable bonds is 4. The van der Waals surface area contributed by atoms with E-state index in [4.69, 9.17) is 18.1 Å². The van der Waals surface area contributed by atoms with Gasteiger partial charge in [-0.1, -0.05) is 0 Å². The van der Waals surface area contributed by atoms with Crippen molar-refractivity contribution in [2.24, 2.45) is 0 Å². The lowest BCUT2D eigenvalue weighted by Crippen LogP contribution is -2.44. The highest BCUT2D eigenvalue weighted by Gasteiger charge is 2.34. The van der Waals surface area contributed by atoms with Gasteiger partial charge < -0.3 is 15.3 Å². The Balaban J connectivity index is 4.05. The normalized spacial score (nSPS) is 22.3. The van der Waals surface area contributed by atoms with Gasteiger partial charge in [0.25, 0.3) is 0 Å². The molecule has 0 saturated heterocycles. The highest BCUT2D eigenvalue weighted by molar-refractivity contribution is 6.11. The number of hydrogen-bond acceptors (Lipinski definition) is 3. The van der Waals surface area contributed by atoms with Crippen molar-refractivity contribution in [2.75, 3.05) is 6.61 Å². The number of halogens is 1. The molecule has 0 saturated carbocycles. The van der Waals surface area contributed by atoms with Crippen molar-refractivity contribution >= 4 is 7.85 Å². The van der Waals surface area contributed by atoms with E-state index in [0.717, 1.165) is 0 Å². The first-order valence-electron chi connectivity index (χ1n) is 3.33. The maximum Gasteiger partial charge on any atom is 0.146 e. The zero-order valence-electron chi connectivity index (χ0n) is 6.37. The maximum atomic E-state index is 12.8. The monoisotopic (exact) mass is 162 g/mol. The SMILES string of the molecule is [B]C(O)C(F)C(C)(O)CCO. The van der Waals surface area contributed by atoms with E-state index in [9.17, 15) is 9.50 Å². The van der Waals surface area contributed by atoms with Crippen molar-refractivity contribution in [1.29, 1.82) is 0 Å². The Labute approximate surface area is 66.3 Å². The number of aliphatic hydroxyl groups is 3. The Kier molecular flexibility index (Phi) is 3.99. The van der Waals surface area contributed by atoms with Gasteiger partial charge in [0.05, 0.1) is 5.60 Å². The van der Waals surface area contributed by atoms with Crippen molar-refractivity contribution < 1.29 is 19.7 Å². The molecule has 0 aliphatic rings. The minimum Gasteiger partial charge on any atom is -0.400 e. The average molecular weight is 162 g/mol. The first kappa shape index (κ1) is 10.9. The minimum absolute atomic E-state index is 0.150. The van der Waals surface area contributed by atoms with Gasteiger partial charge in [0.1, 0.15) is 14.0 Å². The van der Waals surface area contributed by atoms with Crippen LogP contribution in [0.25, 0.3) is 0 Å². The van der Waals surface area contributed by atoms with E-state index in [1.54, 1.807) is 0 Å². The van der Waals surface area contributed by atoms with Crippen molar-refractivity contribution in [3.05, 3.63) is 0 Å². The summed E-state index contributed by atoms with van der Waals surface area (Å²) in [5.41, 5.74) is -1.76. The van der Waals surface area contributed by atoms with Crippen molar-refractivity contribution in [1.82, 2.24) is 0 Å². The van der Waals surface area contributed by atoms with Crippen LogP contribution in [-0.4, -0.2) is 47.5 Å². The molecule has 3 unspecified atom stereocenters. The van der Waals surface area contributed by atoms with Crippen molar-refractivity contribution in [2.45, 2.75) is 31.1 Å². The third-order valence-corrected chi connectivity index (χ3v) is 1.51. The summed E-state index contributed by atoms with van der Waals surface area (Å²) >= 11 is 0. The smallest absolute Gasteiger partial charge is 0.146 e. The first-order valence-corrected chi connectivity index (χ1v) is 3.33. The Morgan fingerprint density at radius 1 is 1.64 bits per heavy atom. The van der Waals surface area contributed by atoms with Crippen LogP contribution in [0.4, 0.5) is 4.39 Å². The van der Waals surface area contributed by atoms with Gasteiger partial charge in [0.15, 0.2) is 0 Å². The Morgan fingerprint density at radius 3 is 2.36 bits per heavy atom. The van der Waals surface area contributed by atoms with Crippen LogP contribution in [0, 0.1) is 0 Å². The lowest BCUT2D eigenvalue weighted by molar-refractivity contribution is -0.0654. The quantitative estimate of drug-likeness (QED) is 0.462. The minimum atomic E-state index is -1.94. The van der Waals surface area contributed by atoms with Gasteiger partial charge >= 0.3 is 0 Å². The molecule has 0 aromatic carbocycles. The van der Waals surface area contributed by atoms with E-state index in [-0.39, 0.29) is 13.0 Å². The molecule has 3 atom stereocenters. The predicted octanol–water partition coefficient (Wildman–Crippen LogP) is -1.06. The second-order valence-electron chi connectivity index (χ2n) is 2.72. The van der Waals surface area contributed by atoms with Gasteiger partial charge in [-0.2, -0.15) is 0 Å². The van der Waals surface area contributed by atoms with E-state index >= 15 is 0 Å². The fourth-order valence-corrected chi connectivity index (χ4v) is 0.732. The molecule has 2 radical (unpaired) electrons. The maximum absolute atomic E-state index is 12.8. The molecule has 0 bridgehead atoms. The second-order valence-corrected chi connectivity index (χ2v) is 2.72. The molecule has 0 aliphatic carbocycles. The first-order chi connectivity index (χ1) is 4.91. The topological polar surface area (TPSA) is 60.7 Å². The molecule has 3 N–H and O–H groups in total. The summed E-state index contributed by atoms with van der Waals surface area (Å²) in [6.07, 6.45) is -2.09. The molecule has 0 aliphatic heterocycles. The largest absolute Gasteiger partial charge is 0.400 e. The Bertz CT molecular complexity index is 118. The van der Waals surface area contributed by atoms with Crippen LogP contribution in [0.1, 0.15) is 13.3 Å². The lowest BCUT2D eigenvalue weighted by atomic mass is 9.84. The number of alkyl halides is 1. The van der Waals surface area contributed by atoms with Crippen LogP contribution in [-0.2, 0) is 0 Å². The highest BCUT2D eigenvalue weighted by atomic mass is 19.1. The van der Waals surface area contributed by atoms with Gasteiger partial charge in [0.2, 0.25) is 0 Å².